The van der Waals surface area contributed by atoms with Crippen LogP contribution in [-0.2, 0) is 20.9 Å². The second-order valence-electron chi connectivity index (χ2n) is 2.34. The summed E-state index contributed by atoms with van der Waals surface area (Å²) in [5.74, 6) is 0.125. The molecule has 0 aliphatic rings. The largest absolute Gasteiger partial charge is 0.772 e. The highest BCUT2D eigenvalue weighted by Gasteiger charge is 2.00. The molecule has 0 aromatic rings. The van der Waals surface area contributed by atoms with Crippen LogP contribution in [0.2, 0.25) is 0 Å². The summed E-state index contributed by atoms with van der Waals surface area (Å²) in [7, 11) is -2.92. The van der Waals surface area contributed by atoms with Crippen molar-refractivity contribution in [2.75, 3.05) is 17.8 Å². The van der Waals surface area contributed by atoms with Gasteiger partial charge in [0.05, 0.1) is 0 Å². The minimum atomic E-state index is -2.92. The van der Waals surface area contributed by atoms with Crippen molar-refractivity contribution >= 4 is 20.9 Å². The second kappa shape index (κ2) is 4.84. The fourth-order valence-corrected chi connectivity index (χ4v) is 1.75. The van der Waals surface area contributed by atoms with Crippen LogP contribution in [0.15, 0.2) is 0 Å². The quantitative estimate of drug-likeness (QED) is 0.449. The maximum Gasteiger partial charge on any atom is 0.147 e. The van der Waals surface area contributed by atoms with E-state index in [-0.39, 0.29) is 11.5 Å². The lowest BCUT2D eigenvalue weighted by molar-refractivity contribution is 0.534. The summed E-state index contributed by atoms with van der Waals surface area (Å²) >= 11 is -2.04. The molecule has 0 spiro atoms. The summed E-state index contributed by atoms with van der Waals surface area (Å²) in [6.45, 7) is 0. The molecule has 0 aliphatic heterocycles. The average molecular weight is 199 g/mol. The Bertz CT molecular complexity index is 219. The molecule has 0 fully saturated rings. The van der Waals surface area contributed by atoms with Crippen molar-refractivity contribution in [1.82, 2.24) is 0 Å². The number of unbranched alkanes of at least 4 members (excludes halogenated alkanes) is 1. The van der Waals surface area contributed by atoms with Gasteiger partial charge in [0, 0.05) is 17.8 Å². The van der Waals surface area contributed by atoms with Crippen molar-refractivity contribution in [3.63, 3.8) is 0 Å². The molecule has 68 valence electrons. The van der Waals surface area contributed by atoms with E-state index in [1.54, 1.807) is 0 Å². The van der Waals surface area contributed by atoms with Gasteiger partial charge in [0.1, 0.15) is 9.84 Å². The number of rotatable bonds is 5. The minimum Gasteiger partial charge on any atom is -0.772 e. The Balaban J connectivity index is 3.37. The highest BCUT2D eigenvalue weighted by Crippen LogP contribution is 1.94. The Labute approximate surface area is 69.2 Å². The fraction of sp³-hybridized carbons (Fsp3) is 1.00. The molecule has 0 radical (unpaired) electrons. The zero-order chi connectivity index (χ0) is 8.91. The standard InChI is InChI=1S/C5H12O4S2/c1-11(8,9)5-3-2-4-10(6)7/h2-5H2,1H3,(H,6,7)/p-1. The Morgan fingerprint density at radius 2 is 1.91 bits per heavy atom. The molecule has 0 aliphatic carbocycles. The van der Waals surface area contributed by atoms with Gasteiger partial charge >= 0.3 is 0 Å². The molecule has 0 aromatic heterocycles. The van der Waals surface area contributed by atoms with Crippen LogP contribution in [0, 0.1) is 0 Å². The third-order valence-electron chi connectivity index (χ3n) is 1.08. The van der Waals surface area contributed by atoms with E-state index in [4.69, 9.17) is 0 Å². The van der Waals surface area contributed by atoms with Crippen LogP contribution >= 0.6 is 0 Å². The third-order valence-corrected chi connectivity index (χ3v) is 2.73. The lowest BCUT2D eigenvalue weighted by Crippen LogP contribution is -2.04. The first-order valence-electron chi connectivity index (χ1n) is 3.15. The highest BCUT2D eigenvalue weighted by atomic mass is 32.2. The van der Waals surface area contributed by atoms with Crippen molar-refractivity contribution in [1.29, 1.82) is 0 Å². The molecule has 4 nitrogen and oxygen atoms in total. The lowest BCUT2D eigenvalue weighted by Gasteiger charge is -2.02. The van der Waals surface area contributed by atoms with Crippen LogP contribution in [0.25, 0.3) is 0 Å². The summed E-state index contributed by atoms with van der Waals surface area (Å²) in [6.07, 6.45) is 1.98. The van der Waals surface area contributed by atoms with Crippen molar-refractivity contribution < 1.29 is 17.2 Å². The topological polar surface area (TPSA) is 74.3 Å². The summed E-state index contributed by atoms with van der Waals surface area (Å²) in [4.78, 5) is 0. The van der Waals surface area contributed by atoms with Gasteiger partial charge in [0.15, 0.2) is 0 Å². The summed E-state index contributed by atoms with van der Waals surface area (Å²) in [6, 6.07) is 0. The van der Waals surface area contributed by atoms with E-state index in [9.17, 15) is 17.2 Å². The second-order valence-corrected chi connectivity index (χ2v) is 5.62. The zero-order valence-electron chi connectivity index (χ0n) is 6.28. The van der Waals surface area contributed by atoms with Gasteiger partial charge in [-0.05, 0) is 12.8 Å². The molecule has 0 aromatic carbocycles. The molecular formula is C5H11O4S2-. The molecule has 0 N–H and O–H groups in total. The smallest absolute Gasteiger partial charge is 0.147 e. The van der Waals surface area contributed by atoms with Gasteiger partial charge in [0.25, 0.3) is 0 Å². The monoisotopic (exact) mass is 199 g/mol. The summed E-state index contributed by atoms with van der Waals surface area (Å²) in [5.41, 5.74) is 0. The summed E-state index contributed by atoms with van der Waals surface area (Å²) < 4.78 is 41.0. The number of sulfone groups is 1. The molecule has 0 saturated heterocycles. The Morgan fingerprint density at radius 3 is 2.27 bits per heavy atom. The van der Waals surface area contributed by atoms with Gasteiger partial charge in [-0.2, -0.15) is 0 Å². The molecule has 0 bridgehead atoms. The first-order chi connectivity index (χ1) is 4.92. The molecule has 0 heterocycles. The van der Waals surface area contributed by atoms with Crippen LogP contribution in [0.1, 0.15) is 12.8 Å². The van der Waals surface area contributed by atoms with Gasteiger partial charge in [-0.15, -0.1) is 0 Å². The molecule has 0 rings (SSSR count). The van der Waals surface area contributed by atoms with Crippen molar-refractivity contribution in [2.24, 2.45) is 0 Å². The van der Waals surface area contributed by atoms with Crippen LogP contribution in [-0.4, -0.2) is 34.9 Å². The van der Waals surface area contributed by atoms with E-state index >= 15 is 0 Å². The highest BCUT2D eigenvalue weighted by molar-refractivity contribution is 7.90. The molecule has 0 amide bonds. The van der Waals surface area contributed by atoms with Crippen LogP contribution in [0.5, 0.6) is 0 Å². The third kappa shape index (κ3) is 10.1. The number of hydrogen-bond donors (Lipinski definition) is 0. The Morgan fingerprint density at radius 1 is 1.36 bits per heavy atom. The SMILES string of the molecule is CS(=O)(=O)CCCCS(=O)[O-]. The molecule has 0 saturated carbocycles. The van der Waals surface area contributed by atoms with Crippen LogP contribution in [0.3, 0.4) is 0 Å². The van der Waals surface area contributed by atoms with E-state index in [1.165, 1.54) is 0 Å². The molecule has 1 atom stereocenters. The van der Waals surface area contributed by atoms with Crippen LogP contribution < -0.4 is 0 Å². The van der Waals surface area contributed by atoms with Crippen molar-refractivity contribution in [2.45, 2.75) is 12.8 Å². The van der Waals surface area contributed by atoms with Crippen LogP contribution in [0.4, 0.5) is 0 Å². The van der Waals surface area contributed by atoms with Gasteiger partial charge < -0.3 is 4.55 Å². The molecular weight excluding hydrogens is 188 g/mol. The lowest BCUT2D eigenvalue weighted by atomic mass is 10.4. The van der Waals surface area contributed by atoms with E-state index in [2.05, 4.69) is 0 Å². The maximum atomic E-state index is 10.5. The van der Waals surface area contributed by atoms with Gasteiger partial charge in [-0.1, -0.05) is 11.1 Å². The molecule has 1 unspecified atom stereocenters. The predicted molar refractivity (Wildman–Crippen MR) is 42.7 cm³/mol. The fourth-order valence-electron chi connectivity index (χ4n) is 0.584. The maximum absolute atomic E-state index is 10.5. The molecule has 11 heavy (non-hydrogen) atoms. The van der Waals surface area contributed by atoms with Crippen molar-refractivity contribution in [3.05, 3.63) is 0 Å². The molecule has 6 heteroatoms. The zero-order valence-corrected chi connectivity index (χ0v) is 7.91. The van der Waals surface area contributed by atoms with Gasteiger partial charge in [0.2, 0.25) is 0 Å². The van der Waals surface area contributed by atoms with E-state index in [0.717, 1.165) is 6.26 Å². The van der Waals surface area contributed by atoms with Gasteiger partial charge in [-0.25, -0.2) is 8.42 Å². The normalized spacial score (nSPS) is 14.7. The predicted octanol–water partition coefficient (Wildman–Crippen LogP) is -0.310. The first kappa shape index (κ1) is 11.1. The average Bonchev–Trinajstić information content (AvgIpc) is 1.78. The Hall–Kier alpha value is 0.0600. The summed E-state index contributed by atoms with van der Waals surface area (Å²) in [5, 5.41) is 0. The van der Waals surface area contributed by atoms with E-state index in [1.807, 2.05) is 0 Å². The van der Waals surface area contributed by atoms with E-state index in [0.29, 0.717) is 12.8 Å². The van der Waals surface area contributed by atoms with Gasteiger partial charge in [-0.3, -0.25) is 4.21 Å². The van der Waals surface area contributed by atoms with E-state index < -0.39 is 20.9 Å². The minimum absolute atomic E-state index is 0.0511. The number of hydrogen-bond acceptors (Lipinski definition) is 4. The Kier molecular flexibility index (Phi) is 4.87. The first-order valence-corrected chi connectivity index (χ1v) is 6.46. The van der Waals surface area contributed by atoms with Crippen molar-refractivity contribution in [3.8, 4) is 0 Å².